The minimum absolute atomic E-state index is 0.0883. The van der Waals surface area contributed by atoms with E-state index in [0.717, 1.165) is 0 Å². The minimum atomic E-state index is -5.23. The molecule has 0 radical (unpaired) electrons. The first-order valence-electron chi connectivity index (χ1n) is 6.80. The number of rotatable bonds is 4. The van der Waals surface area contributed by atoms with E-state index in [9.17, 15) is 24.6 Å². The zero-order valence-electron chi connectivity index (χ0n) is 12.3. The van der Waals surface area contributed by atoms with Crippen LogP contribution in [0.3, 0.4) is 0 Å². The molecule has 0 saturated carbocycles. The second kappa shape index (κ2) is 6.01. The van der Waals surface area contributed by atoms with Crippen LogP contribution in [0.25, 0.3) is 11.2 Å². The summed E-state index contributed by atoms with van der Waals surface area (Å²) in [5, 5.41) is 28.0. The van der Waals surface area contributed by atoms with Crippen LogP contribution in [0, 0.1) is 5.41 Å². The number of phosphoric ester groups is 1. The molecule has 1 aliphatic rings. The number of phosphoric acid groups is 1. The van der Waals surface area contributed by atoms with Crippen molar-refractivity contribution in [3.05, 3.63) is 18.1 Å². The fraction of sp³-hybridized carbons (Fsp3) is 0.545. The first kappa shape index (κ1) is 17.2. The van der Waals surface area contributed by atoms with Crippen molar-refractivity contribution in [3.8, 4) is 0 Å². The summed E-state index contributed by atoms with van der Waals surface area (Å²) in [6, 6.07) is 0. The summed E-state index contributed by atoms with van der Waals surface area (Å²) < 4.78 is 22.8. The number of hydrogen-bond donors (Lipinski definition) is 3. The lowest BCUT2D eigenvalue weighted by Crippen LogP contribution is -2.34. The van der Waals surface area contributed by atoms with Gasteiger partial charge in [-0.25, -0.2) is 9.97 Å². The molecule has 1 saturated heterocycles. The van der Waals surface area contributed by atoms with Crippen molar-refractivity contribution in [2.24, 2.45) is 7.05 Å². The predicted octanol–water partition coefficient (Wildman–Crippen LogP) is -3.29. The number of imidazole rings is 1. The average Bonchev–Trinajstić information content (AvgIpc) is 3.04. The molecule has 132 valence electrons. The molecule has 1 fully saturated rings. The Hall–Kier alpha value is -1.66. The van der Waals surface area contributed by atoms with E-state index in [2.05, 4.69) is 14.5 Å². The van der Waals surface area contributed by atoms with Crippen LogP contribution in [0.2, 0.25) is 0 Å². The molecule has 13 heteroatoms. The van der Waals surface area contributed by atoms with Gasteiger partial charge in [0.05, 0.1) is 27.1 Å². The number of aliphatic hydroxyl groups excluding tert-OH is 2. The number of nitrogens with zero attached hydrogens (tertiary/aromatic N) is 4. The monoisotopic (exact) mass is 359 g/mol. The van der Waals surface area contributed by atoms with E-state index >= 15 is 0 Å². The van der Waals surface area contributed by atoms with E-state index < -0.39 is 39.0 Å². The van der Waals surface area contributed by atoms with Gasteiger partial charge in [0.2, 0.25) is 0 Å². The Morgan fingerprint density at radius 1 is 1.38 bits per heavy atom. The second-order valence-electron chi connectivity index (χ2n) is 5.32. The molecule has 0 bridgehead atoms. The summed E-state index contributed by atoms with van der Waals surface area (Å²) in [5.74, 6) is 0. The third kappa shape index (κ3) is 3.00. The van der Waals surface area contributed by atoms with Crippen LogP contribution in [-0.2, 0) is 20.9 Å². The molecular formula is C11H14N5O7P-2. The van der Waals surface area contributed by atoms with Gasteiger partial charge >= 0.3 is 0 Å². The van der Waals surface area contributed by atoms with Gasteiger partial charge in [0.1, 0.15) is 23.8 Å². The minimum Gasteiger partial charge on any atom is -0.790 e. The standard InChI is InChI=1S/C11H16N5O7P/c1-15-3-14-10-6(9(15)12)13-4-16(10)11-8(18)7(17)5(23-11)2-22-24(19,20)21/h3-5,7-8,11-12,17-18H,2H2,1H3,(H2,19,20,21)/p-2/t5-,7+,8?,11-/m1/s1. The van der Waals surface area contributed by atoms with Crippen molar-refractivity contribution in [2.75, 3.05) is 6.61 Å². The number of ether oxygens (including phenoxy) is 1. The molecule has 0 aromatic carbocycles. The van der Waals surface area contributed by atoms with Crippen molar-refractivity contribution in [2.45, 2.75) is 24.5 Å². The van der Waals surface area contributed by atoms with E-state index in [4.69, 9.17) is 10.1 Å². The quantitative estimate of drug-likeness (QED) is 0.471. The number of hydrogen-bond acceptors (Lipinski definition) is 10. The molecule has 0 amide bonds. The van der Waals surface area contributed by atoms with Crippen molar-refractivity contribution in [1.82, 2.24) is 19.1 Å². The summed E-state index contributed by atoms with van der Waals surface area (Å²) in [7, 11) is -3.61. The van der Waals surface area contributed by atoms with Gasteiger partial charge in [-0.15, -0.1) is 0 Å². The number of aromatic nitrogens is 4. The normalized spacial score (nSPS) is 27.9. The Balaban J connectivity index is 1.89. The summed E-state index contributed by atoms with van der Waals surface area (Å²) in [6.45, 7) is -0.724. The van der Waals surface area contributed by atoms with Crippen LogP contribution in [0.15, 0.2) is 12.7 Å². The van der Waals surface area contributed by atoms with Gasteiger partial charge < -0.3 is 38.4 Å². The van der Waals surface area contributed by atoms with Crippen LogP contribution < -0.4 is 15.3 Å². The lowest BCUT2D eigenvalue weighted by Gasteiger charge is -2.30. The second-order valence-corrected chi connectivity index (χ2v) is 6.47. The van der Waals surface area contributed by atoms with Crippen LogP contribution >= 0.6 is 7.82 Å². The molecule has 0 aliphatic carbocycles. The molecule has 4 atom stereocenters. The average molecular weight is 359 g/mol. The lowest BCUT2D eigenvalue weighted by molar-refractivity contribution is -0.343. The maximum atomic E-state index is 10.5. The summed E-state index contributed by atoms with van der Waals surface area (Å²) >= 11 is 0. The molecular weight excluding hydrogens is 345 g/mol. The Labute approximate surface area is 134 Å². The third-order valence-electron chi connectivity index (χ3n) is 3.71. The van der Waals surface area contributed by atoms with Crippen molar-refractivity contribution < 1.29 is 33.8 Å². The number of aryl methyl sites for hydroxylation is 1. The molecule has 24 heavy (non-hydrogen) atoms. The van der Waals surface area contributed by atoms with E-state index in [-0.39, 0.29) is 16.7 Å². The van der Waals surface area contributed by atoms with Gasteiger partial charge in [-0.1, -0.05) is 0 Å². The first-order valence-corrected chi connectivity index (χ1v) is 8.26. The Bertz CT molecular complexity index is 860. The molecule has 1 aliphatic heterocycles. The van der Waals surface area contributed by atoms with E-state index in [1.54, 1.807) is 7.05 Å². The molecule has 2 aromatic rings. The molecule has 3 N–H and O–H groups in total. The summed E-state index contributed by atoms with van der Waals surface area (Å²) in [6.07, 6.45) is -2.60. The molecule has 3 heterocycles. The maximum Gasteiger partial charge on any atom is 0.167 e. The van der Waals surface area contributed by atoms with Crippen molar-refractivity contribution in [3.63, 3.8) is 0 Å². The van der Waals surface area contributed by atoms with E-state index in [0.29, 0.717) is 0 Å². The lowest BCUT2D eigenvalue weighted by atomic mass is 10.1. The van der Waals surface area contributed by atoms with Gasteiger partial charge in [0.15, 0.2) is 17.4 Å². The zero-order chi connectivity index (χ0) is 17.6. The largest absolute Gasteiger partial charge is 0.790 e. The number of fused-ring (bicyclic) bond motifs is 1. The van der Waals surface area contributed by atoms with Gasteiger partial charge in [-0.05, 0) is 0 Å². The summed E-state index contributed by atoms with van der Waals surface area (Å²) in [5.41, 5.74) is 0.591. The van der Waals surface area contributed by atoms with Crippen LogP contribution in [0.1, 0.15) is 6.23 Å². The van der Waals surface area contributed by atoms with E-state index in [1.165, 1.54) is 21.8 Å². The summed E-state index contributed by atoms with van der Waals surface area (Å²) in [4.78, 5) is 29.2. The SMILES string of the molecule is Cn1cnc2c(ncn2[C@@H]2O[C@H](COP(=O)([O-])[O-])[C@H](O)C2O)c1=N. The Morgan fingerprint density at radius 2 is 2.08 bits per heavy atom. The number of aliphatic hydroxyl groups is 2. The zero-order valence-corrected chi connectivity index (χ0v) is 13.2. The van der Waals surface area contributed by atoms with Crippen molar-refractivity contribution >= 4 is 19.0 Å². The van der Waals surface area contributed by atoms with Gasteiger partial charge in [-0.2, -0.15) is 0 Å². The first-order chi connectivity index (χ1) is 11.2. The highest BCUT2D eigenvalue weighted by Gasteiger charge is 2.44. The molecule has 0 spiro atoms. The van der Waals surface area contributed by atoms with Crippen LogP contribution in [-0.4, -0.2) is 54.2 Å². The highest BCUT2D eigenvalue weighted by atomic mass is 31.2. The maximum absolute atomic E-state index is 10.5. The Morgan fingerprint density at radius 3 is 2.75 bits per heavy atom. The van der Waals surface area contributed by atoms with E-state index in [1.807, 2.05) is 0 Å². The van der Waals surface area contributed by atoms with Crippen molar-refractivity contribution in [1.29, 1.82) is 5.41 Å². The van der Waals surface area contributed by atoms with Crippen LogP contribution in [0.4, 0.5) is 0 Å². The van der Waals surface area contributed by atoms with Gasteiger partial charge in [0.25, 0.3) is 0 Å². The molecule has 12 nitrogen and oxygen atoms in total. The topological polar surface area (TPSA) is 182 Å². The fourth-order valence-corrected chi connectivity index (χ4v) is 2.79. The highest BCUT2D eigenvalue weighted by molar-refractivity contribution is 7.43. The number of nitrogens with one attached hydrogen (secondary N) is 1. The highest BCUT2D eigenvalue weighted by Crippen LogP contribution is 2.33. The molecule has 1 unspecified atom stereocenters. The fourth-order valence-electron chi connectivity index (χ4n) is 2.46. The third-order valence-corrected chi connectivity index (χ3v) is 4.17. The van der Waals surface area contributed by atoms with Crippen LogP contribution in [0.5, 0.6) is 0 Å². The smallest absolute Gasteiger partial charge is 0.167 e. The molecule has 3 rings (SSSR count). The van der Waals surface area contributed by atoms with Gasteiger partial charge in [-0.3, -0.25) is 9.98 Å². The predicted molar refractivity (Wildman–Crippen MR) is 71.8 cm³/mol. The van der Waals surface area contributed by atoms with Gasteiger partial charge in [0, 0.05) is 7.05 Å². The Kier molecular flexibility index (Phi) is 4.30. The molecule has 2 aromatic heterocycles.